The van der Waals surface area contributed by atoms with E-state index < -0.39 is 0 Å². The molecule has 0 unspecified atom stereocenters. The maximum absolute atomic E-state index is 13.0. The van der Waals surface area contributed by atoms with Crippen molar-refractivity contribution >= 4 is 44.9 Å². The number of nitrogens with one attached hydrogen (secondary N) is 2. The second-order valence-corrected chi connectivity index (χ2v) is 10.2. The Morgan fingerprint density at radius 2 is 1.92 bits per heavy atom. The number of halogens is 1. The van der Waals surface area contributed by atoms with Gasteiger partial charge in [0.1, 0.15) is 0 Å². The Bertz CT molecular complexity index is 1410. The molecule has 2 N–H and O–H groups in total. The fourth-order valence-corrected chi connectivity index (χ4v) is 5.57. The van der Waals surface area contributed by atoms with Gasteiger partial charge in [-0.2, -0.15) is 0 Å². The normalized spacial score (nSPS) is 17.0. The summed E-state index contributed by atoms with van der Waals surface area (Å²) in [7, 11) is 0. The molecule has 1 amide bonds. The maximum atomic E-state index is 13.0. The van der Waals surface area contributed by atoms with Gasteiger partial charge in [0.25, 0.3) is 0 Å². The van der Waals surface area contributed by atoms with Crippen LogP contribution in [-0.2, 0) is 11.2 Å². The minimum Gasteiger partial charge on any atom is -0.352 e. The third kappa shape index (κ3) is 5.45. The maximum Gasteiger partial charge on any atom is 0.226 e. The summed E-state index contributed by atoms with van der Waals surface area (Å²) in [5, 5.41) is 7.18. The van der Waals surface area contributed by atoms with Crippen LogP contribution in [-0.4, -0.2) is 32.0 Å². The molecule has 8 heteroatoms. The molecule has 1 fully saturated rings. The van der Waals surface area contributed by atoms with Crippen molar-refractivity contribution in [2.24, 2.45) is 0 Å². The molecule has 0 bridgehead atoms. The van der Waals surface area contributed by atoms with Gasteiger partial charge in [0, 0.05) is 46.9 Å². The van der Waals surface area contributed by atoms with Gasteiger partial charge in [-0.3, -0.25) is 9.78 Å². The first-order chi connectivity index (χ1) is 18.0. The van der Waals surface area contributed by atoms with Gasteiger partial charge in [-0.05, 0) is 72.7 Å². The number of aromatic nitrogens is 2. The number of anilines is 1. The highest BCUT2D eigenvalue weighted by molar-refractivity contribution is 9.10. The van der Waals surface area contributed by atoms with Crippen LogP contribution in [0.3, 0.4) is 0 Å². The number of carbonyl (C=O) groups is 1. The predicted molar refractivity (Wildman–Crippen MR) is 155 cm³/mol. The SMILES string of the molecule is CCc1ccccc1NC(=O)CCN1C(=S)N[C@@H](c2ccccn2)[C@H]1c1cccn1-c1cccc(Br)c1. The molecule has 3 heterocycles. The fourth-order valence-electron chi connectivity index (χ4n) is 4.85. The van der Waals surface area contributed by atoms with E-state index in [4.69, 9.17) is 12.2 Å². The number of hydrogen-bond donors (Lipinski definition) is 2. The van der Waals surface area contributed by atoms with Crippen LogP contribution in [0.15, 0.2) is 95.7 Å². The summed E-state index contributed by atoms with van der Waals surface area (Å²) in [5.74, 6) is -0.0360. The number of thiocarbonyl (C=S) groups is 1. The molecule has 0 radical (unpaired) electrons. The summed E-state index contributed by atoms with van der Waals surface area (Å²) in [5.41, 5.74) is 5.00. The minimum atomic E-state index is -0.154. The second-order valence-electron chi connectivity index (χ2n) is 8.91. The summed E-state index contributed by atoms with van der Waals surface area (Å²) in [6.07, 6.45) is 5.02. The van der Waals surface area contributed by atoms with Gasteiger partial charge in [-0.25, -0.2) is 0 Å². The lowest BCUT2D eigenvalue weighted by molar-refractivity contribution is -0.116. The summed E-state index contributed by atoms with van der Waals surface area (Å²) >= 11 is 9.40. The van der Waals surface area contributed by atoms with E-state index in [9.17, 15) is 4.79 Å². The number of hydrogen-bond acceptors (Lipinski definition) is 3. The molecular weight excluding hydrogens is 546 g/mol. The topological polar surface area (TPSA) is 62.2 Å². The van der Waals surface area contributed by atoms with Crippen LogP contribution < -0.4 is 10.6 Å². The highest BCUT2D eigenvalue weighted by atomic mass is 79.9. The highest BCUT2D eigenvalue weighted by Gasteiger charge is 2.41. The highest BCUT2D eigenvalue weighted by Crippen LogP contribution is 2.39. The van der Waals surface area contributed by atoms with Crippen molar-refractivity contribution in [3.63, 3.8) is 0 Å². The predicted octanol–water partition coefficient (Wildman–Crippen LogP) is 6.20. The molecule has 4 aromatic rings. The first kappa shape index (κ1) is 25.2. The van der Waals surface area contributed by atoms with Crippen LogP contribution in [0.1, 0.15) is 42.4 Å². The standard InChI is InChI=1S/C29H28BrN5OS/c1-2-20-9-3-4-12-23(20)32-26(36)15-18-35-28(27(33-29(35)37)24-13-5-6-16-31-24)25-14-8-17-34(25)22-11-7-10-21(30)19-22/h3-14,16-17,19,27-28H,2,15,18H2,1H3,(H,32,36)(H,33,37)/t27-,28+/m0/s1. The lowest BCUT2D eigenvalue weighted by atomic mass is 10.0. The van der Waals surface area contributed by atoms with E-state index in [1.807, 2.05) is 60.7 Å². The molecule has 188 valence electrons. The Morgan fingerprint density at radius 1 is 1.08 bits per heavy atom. The van der Waals surface area contributed by atoms with Crippen molar-refractivity contribution in [2.45, 2.75) is 31.8 Å². The second kappa shape index (κ2) is 11.3. The third-order valence-corrected chi connectivity index (χ3v) is 7.47. The Hall–Kier alpha value is -3.49. The number of carbonyl (C=O) groups excluding carboxylic acids is 1. The molecule has 37 heavy (non-hydrogen) atoms. The fraction of sp³-hybridized carbons (Fsp3) is 0.207. The van der Waals surface area contributed by atoms with Crippen LogP contribution in [0.5, 0.6) is 0 Å². The van der Waals surface area contributed by atoms with E-state index in [1.54, 1.807) is 6.20 Å². The molecule has 0 aliphatic carbocycles. The lowest BCUT2D eigenvalue weighted by Gasteiger charge is -2.29. The molecule has 0 saturated carbocycles. The van der Waals surface area contributed by atoms with Crippen molar-refractivity contribution in [2.75, 3.05) is 11.9 Å². The molecule has 1 saturated heterocycles. The van der Waals surface area contributed by atoms with Crippen LogP contribution in [0.2, 0.25) is 0 Å². The molecule has 2 aromatic carbocycles. The number of pyridine rings is 1. The quantitative estimate of drug-likeness (QED) is 0.246. The molecule has 0 spiro atoms. The monoisotopic (exact) mass is 573 g/mol. The van der Waals surface area contributed by atoms with E-state index in [2.05, 4.69) is 72.3 Å². The number of aryl methyl sites for hydroxylation is 1. The number of para-hydroxylation sites is 1. The van der Waals surface area contributed by atoms with Crippen LogP contribution in [0.25, 0.3) is 5.69 Å². The lowest BCUT2D eigenvalue weighted by Crippen LogP contribution is -2.33. The number of benzene rings is 2. The zero-order chi connectivity index (χ0) is 25.8. The van der Waals surface area contributed by atoms with E-state index in [-0.39, 0.29) is 18.0 Å². The average Bonchev–Trinajstić information content (AvgIpc) is 3.52. The van der Waals surface area contributed by atoms with Crippen molar-refractivity contribution < 1.29 is 4.79 Å². The largest absolute Gasteiger partial charge is 0.352 e. The zero-order valence-corrected chi connectivity index (χ0v) is 22.9. The minimum absolute atomic E-state index is 0.0360. The zero-order valence-electron chi connectivity index (χ0n) is 20.5. The Labute approximate surface area is 230 Å². The summed E-state index contributed by atoms with van der Waals surface area (Å²) in [6.45, 7) is 2.56. The Kier molecular flexibility index (Phi) is 7.67. The van der Waals surface area contributed by atoms with Crippen molar-refractivity contribution in [3.8, 4) is 5.69 Å². The van der Waals surface area contributed by atoms with Gasteiger partial charge in [-0.1, -0.05) is 53.2 Å². The summed E-state index contributed by atoms with van der Waals surface area (Å²) < 4.78 is 3.18. The molecular formula is C29H28BrN5OS. The van der Waals surface area contributed by atoms with Gasteiger partial charge in [-0.15, -0.1) is 0 Å². The van der Waals surface area contributed by atoms with Gasteiger partial charge in [0.15, 0.2) is 5.11 Å². The molecule has 2 aromatic heterocycles. The van der Waals surface area contributed by atoms with Crippen molar-refractivity contribution in [3.05, 3.63) is 113 Å². The van der Waals surface area contributed by atoms with E-state index in [0.717, 1.165) is 39.2 Å². The van der Waals surface area contributed by atoms with Gasteiger partial charge in [0.05, 0.1) is 17.8 Å². The first-order valence-corrected chi connectivity index (χ1v) is 13.5. The van der Waals surface area contributed by atoms with E-state index in [0.29, 0.717) is 18.1 Å². The molecule has 5 rings (SSSR count). The van der Waals surface area contributed by atoms with Gasteiger partial charge in [0.2, 0.25) is 5.91 Å². The summed E-state index contributed by atoms with van der Waals surface area (Å²) in [6, 6.07) is 25.9. The van der Waals surface area contributed by atoms with Crippen molar-refractivity contribution in [1.82, 2.24) is 19.8 Å². The van der Waals surface area contributed by atoms with Crippen LogP contribution in [0.4, 0.5) is 5.69 Å². The molecule has 6 nitrogen and oxygen atoms in total. The number of rotatable bonds is 8. The third-order valence-electron chi connectivity index (χ3n) is 6.62. The summed E-state index contributed by atoms with van der Waals surface area (Å²) in [4.78, 5) is 19.7. The smallest absolute Gasteiger partial charge is 0.226 e. The number of nitrogens with zero attached hydrogens (tertiary/aromatic N) is 3. The van der Waals surface area contributed by atoms with Gasteiger partial charge >= 0.3 is 0 Å². The first-order valence-electron chi connectivity index (χ1n) is 12.3. The average molecular weight is 575 g/mol. The van der Waals surface area contributed by atoms with Crippen molar-refractivity contribution in [1.29, 1.82) is 0 Å². The van der Waals surface area contributed by atoms with Crippen LogP contribution in [0, 0.1) is 0 Å². The Morgan fingerprint density at radius 3 is 2.70 bits per heavy atom. The van der Waals surface area contributed by atoms with Gasteiger partial charge < -0.3 is 20.1 Å². The van der Waals surface area contributed by atoms with E-state index in [1.165, 1.54) is 0 Å². The van der Waals surface area contributed by atoms with Crippen LogP contribution >= 0.6 is 28.1 Å². The molecule has 2 atom stereocenters. The number of amides is 1. The van der Waals surface area contributed by atoms with E-state index >= 15 is 0 Å². The molecule has 1 aliphatic rings. The molecule has 1 aliphatic heterocycles. The Balaban J connectivity index is 1.44.